The van der Waals surface area contributed by atoms with Crippen molar-refractivity contribution in [1.82, 2.24) is 14.9 Å². The molecule has 0 unspecified atom stereocenters. The lowest BCUT2D eigenvalue weighted by atomic mass is 10.2. The third-order valence-electron chi connectivity index (χ3n) is 3.92. The first-order chi connectivity index (χ1) is 11.2. The molecule has 5 nitrogen and oxygen atoms in total. The van der Waals surface area contributed by atoms with Crippen molar-refractivity contribution in [2.75, 3.05) is 38.2 Å². The van der Waals surface area contributed by atoms with Gasteiger partial charge in [0.2, 0.25) is 0 Å². The number of ether oxygens (including phenoxy) is 1. The van der Waals surface area contributed by atoms with Gasteiger partial charge in [-0.2, -0.15) is 0 Å². The molecule has 1 saturated heterocycles. The van der Waals surface area contributed by atoms with E-state index >= 15 is 0 Å². The normalized spacial score (nSPS) is 17.0. The SMILES string of the molecule is Cc1cc(N[C@H](C)CN2CCOCC2)nc(-c2ccccc2)n1. The van der Waals surface area contributed by atoms with Crippen LogP contribution in [0.2, 0.25) is 0 Å². The maximum Gasteiger partial charge on any atom is 0.161 e. The summed E-state index contributed by atoms with van der Waals surface area (Å²) in [4.78, 5) is 11.6. The third kappa shape index (κ3) is 4.50. The van der Waals surface area contributed by atoms with Gasteiger partial charge in [-0.3, -0.25) is 4.90 Å². The van der Waals surface area contributed by atoms with E-state index in [4.69, 9.17) is 4.74 Å². The van der Waals surface area contributed by atoms with Crippen LogP contribution in [-0.2, 0) is 4.74 Å². The molecule has 1 atom stereocenters. The molecule has 1 N–H and O–H groups in total. The van der Waals surface area contributed by atoms with E-state index in [0.717, 1.165) is 55.7 Å². The molecular weight excluding hydrogens is 288 g/mol. The average molecular weight is 312 g/mol. The first-order valence-corrected chi connectivity index (χ1v) is 8.18. The van der Waals surface area contributed by atoms with Gasteiger partial charge in [-0.25, -0.2) is 9.97 Å². The Labute approximate surface area is 137 Å². The summed E-state index contributed by atoms with van der Waals surface area (Å²) in [6.45, 7) is 8.86. The number of hydrogen-bond donors (Lipinski definition) is 1. The molecule has 2 aromatic rings. The Morgan fingerprint density at radius 1 is 1.17 bits per heavy atom. The second-order valence-electron chi connectivity index (χ2n) is 6.04. The van der Waals surface area contributed by atoms with Gasteiger partial charge in [-0.1, -0.05) is 30.3 Å². The zero-order chi connectivity index (χ0) is 16.1. The van der Waals surface area contributed by atoms with E-state index in [1.807, 2.05) is 43.3 Å². The number of aryl methyl sites for hydroxylation is 1. The van der Waals surface area contributed by atoms with E-state index < -0.39 is 0 Å². The lowest BCUT2D eigenvalue weighted by Crippen LogP contribution is -2.42. The van der Waals surface area contributed by atoms with Crippen molar-refractivity contribution in [3.05, 3.63) is 42.1 Å². The largest absolute Gasteiger partial charge is 0.379 e. The highest BCUT2D eigenvalue weighted by atomic mass is 16.5. The highest BCUT2D eigenvalue weighted by Gasteiger charge is 2.14. The molecule has 0 amide bonds. The maximum atomic E-state index is 5.40. The third-order valence-corrected chi connectivity index (χ3v) is 3.92. The van der Waals surface area contributed by atoms with Crippen LogP contribution < -0.4 is 5.32 Å². The van der Waals surface area contributed by atoms with Crippen LogP contribution in [0, 0.1) is 6.92 Å². The zero-order valence-electron chi connectivity index (χ0n) is 13.8. The van der Waals surface area contributed by atoms with Crippen LogP contribution >= 0.6 is 0 Å². The summed E-state index contributed by atoms with van der Waals surface area (Å²) in [7, 11) is 0. The quantitative estimate of drug-likeness (QED) is 0.919. The minimum atomic E-state index is 0.325. The molecule has 1 aromatic carbocycles. The number of nitrogens with one attached hydrogen (secondary N) is 1. The van der Waals surface area contributed by atoms with Crippen molar-refractivity contribution in [2.24, 2.45) is 0 Å². The summed E-state index contributed by atoms with van der Waals surface area (Å²) in [6, 6.07) is 12.4. The minimum Gasteiger partial charge on any atom is -0.379 e. The Morgan fingerprint density at radius 3 is 2.65 bits per heavy atom. The van der Waals surface area contributed by atoms with Crippen LogP contribution in [0.4, 0.5) is 5.82 Å². The van der Waals surface area contributed by atoms with Crippen molar-refractivity contribution < 1.29 is 4.74 Å². The van der Waals surface area contributed by atoms with Crippen LogP contribution in [0.3, 0.4) is 0 Å². The van der Waals surface area contributed by atoms with Gasteiger partial charge in [0, 0.05) is 43.0 Å². The Kier molecular flexibility index (Phi) is 5.20. The van der Waals surface area contributed by atoms with E-state index in [9.17, 15) is 0 Å². The summed E-state index contributed by atoms with van der Waals surface area (Å²) in [5.74, 6) is 1.66. The highest BCUT2D eigenvalue weighted by Crippen LogP contribution is 2.18. The molecular formula is C18H24N4O. The molecule has 1 fully saturated rings. The minimum absolute atomic E-state index is 0.325. The van der Waals surface area contributed by atoms with Gasteiger partial charge in [0.1, 0.15) is 5.82 Å². The maximum absolute atomic E-state index is 5.40. The summed E-state index contributed by atoms with van der Waals surface area (Å²) in [5, 5.41) is 3.51. The second-order valence-corrected chi connectivity index (χ2v) is 6.04. The smallest absolute Gasteiger partial charge is 0.161 e. The van der Waals surface area contributed by atoms with Crippen molar-refractivity contribution in [2.45, 2.75) is 19.9 Å². The van der Waals surface area contributed by atoms with Gasteiger partial charge in [0.05, 0.1) is 13.2 Å². The Morgan fingerprint density at radius 2 is 1.91 bits per heavy atom. The van der Waals surface area contributed by atoms with E-state index in [0.29, 0.717) is 6.04 Å². The van der Waals surface area contributed by atoms with Gasteiger partial charge in [-0.05, 0) is 13.8 Å². The number of benzene rings is 1. The van der Waals surface area contributed by atoms with Crippen molar-refractivity contribution in [1.29, 1.82) is 0 Å². The number of rotatable bonds is 5. The lowest BCUT2D eigenvalue weighted by Gasteiger charge is -2.29. The Balaban J connectivity index is 1.68. The van der Waals surface area contributed by atoms with E-state index in [2.05, 4.69) is 27.1 Å². The molecule has 2 heterocycles. The summed E-state index contributed by atoms with van der Waals surface area (Å²) in [6.07, 6.45) is 0. The average Bonchev–Trinajstić information content (AvgIpc) is 2.56. The highest BCUT2D eigenvalue weighted by molar-refractivity contribution is 5.57. The van der Waals surface area contributed by atoms with Crippen LogP contribution in [0.1, 0.15) is 12.6 Å². The van der Waals surface area contributed by atoms with Crippen LogP contribution in [0.25, 0.3) is 11.4 Å². The molecule has 5 heteroatoms. The van der Waals surface area contributed by atoms with E-state index in [1.165, 1.54) is 0 Å². The van der Waals surface area contributed by atoms with Gasteiger partial charge in [0.15, 0.2) is 5.82 Å². The molecule has 0 saturated carbocycles. The lowest BCUT2D eigenvalue weighted by molar-refractivity contribution is 0.0368. The molecule has 0 bridgehead atoms. The van der Waals surface area contributed by atoms with Crippen molar-refractivity contribution >= 4 is 5.82 Å². The second kappa shape index (κ2) is 7.53. The van der Waals surface area contributed by atoms with Crippen LogP contribution in [0.5, 0.6) is 0 Å². The number of anilines is 1. The molecule has 0 aliphatic carbocycles. The van der Waals surface area contributed by atoms with Crippen LogP contribution in [0.15, 0.2) is 36.4 Å². The predicted molar refractivity (Wildman–Crippen MR) is 92.5 cm³/mol. The van der Waals surface area contributed by atoms with Crippen molar-refractivity contribution in [3.8, 4) is 11.4 Å². The van der Waals surface area contributed by atoms with Gasteiger partial charge >= 0.3 is 0 Å². The van der Waals surface area contributed by atoms with Crippen molar-refractivity contribution in [3.63, 3.8) is 0 Å². The molecule has 1 aliphatic rings. The number of aromatic nitrogens is 2. The fraction of sp³-hybridized carbons (Fsp3) is 0.444. The number of morpholine rings is 1. The summed E-state index contributed by atoms with van der Waals surface area (Å²) in [5.41, 5.74) is 2.01. The molecule has 1 aliphatic heterocycles. The van der Waals surface area contributed by atoms with Crippen LogP contribution in [-0.4, -0.2) is 53.8 Å². The van der Waals surface area contributed by atoms with Gasteiger partial charge in [0.25, 0.3) is 0 Å². The standard InChI is InChI=1S/C18H24N4O/c1-14-12-17(19-15(2)13-22-8-10-23-11-9-22)21-18(20-14)16-6-4-3-5-7-16/h3-7,12,15H,8-11,13H2,1-2H3,(H,19,20,21)/t15-/m1/s1. The number of hydrogen-bond acceptors (Lipinski definition) is 5. The molecule has 23 heavy (non-hydrogen) atoms. The number of nitrogens with zero attached hydrogens (tertiary/aromatic N) is 3. The van der Waals surface area contributed by atoms with E-state index in [-0.39, 0.29) is 0 Å². The Bertz CT molecular complexity index is 626. The van der Waals surface area contributed by atoms with Gasteiger partial charge in [-0.15, -0.1) is 0 Å². The van der Waals surface area contributed by atoms with E-state index in [1.54, 1.807) is 0 Å². The molecule has 0 spiro atoms. The van der Waals surface area contributed by atoms with Gasteiger partial charge < -0.3 is 10.1 Å². The molecule has 0 radical (unpaired) electrons. The molecule has 122 valence electrons. The fourth-order valence-electron chi connectivity index (χ4n) is 2.83. The topological polar surface area (TPSA) is 50.3 Å². The summed E-state index contributed by atoms with van der Waals surface area (Å²) < 4.78 is 5.40. The Hall–Kier alpha value is -1.98. The monoisotopic (exact) mass is 312 g/mol. The predicted octanol–water partition coefficient (Wildman–Crippen LogP) is 2.58. The first kappa shape index (κ1) is 15.9. The fourth-order valence-corrected chi connectivity index (χ4v) is 2.83. The summed E-state index contributed by atoms with van der Waals surface area (Å²) >= 11 is 0. The molecule has 3 rings (SSSR count). The zero-order valence-corrected chi connectivity index (χ0v) is 13.8. The molecule has 1 aromatic heterocycles. The first-order valence-electron chi connectivity index (χ1n) is 8.18.